The summed E-state index contributed by atoms with van der Waals surface area (Å²) in [5, 5.41) is 3.00. The summed E-state index contributed by atoms with van der Waals surface area (Å²) in [6, 6.07) is 5.50. The summed E-state index contributed by atoms with van der Waals surface area (Å²) in [5.41, 5.74) is 0.943. The van der Waals surface area contributed by atoms with E-state index in [1.165, 1.54) is 0 Å². The van der Waals surface area contributed by atoms with Crippen molar-refractivity contribution in [1.82, 2.24) is 10.2 Å². The fourth-order valence-electron chi connectivity index (χ4n) is 3.11. The third kappa shape index (κ3) is 4.04. The topological polar surface area (TPSA) is 77.1 Å². The maximum Gasteiger partial charge on any atom is 0.225 e. The van der Waals surface area contributed by atoms with Crippen LogP contribution in [0.25, 0.3) is 0 Å². The van der Waals surface area contributed by atoms with Gasteiger partial charge in [-0.15, -0.1) is 0 Å². The number of fused-ring (bicyclic) bond motifs is 1. The molecule has 0 bridgehead atoms. The zero-order chi connectivity index (χ0) is 17.8. The zero-order valence-corrected chi connectivity index (χ0v) is 14.6. The predicted octanol–water partition coefficient (Wildman–Crippen LogP) is 1.13. The minimum absolute atomic E-state index is 0.00387. The van der Waals surface area contributed by atoms with Crippen LogP contribution in [0.15, 0.2) is 18.2 Å². The van der Waals surface area contributed by atoms with Gasteiger partial charge in [-0.3, -0.25) is 9.59 Å². The standard InChI is InChI=1S/C18H24N2O5/c1-12(13-3-4-15-16(9-13)25-8-7-24-15)19-18(22)14-10-17(21)20(11-14)5-6-23-2/h3-4,9,12,14H,5-8,10-11H2,1-2H3,(H,19,22)/t12-,14-/m1/s1. The SMILES string of the molecule is COCCN1C[C@H](C(=O)N[C@H](C)c2ccc3c(c2)OCCO3)CC1=O. The van der Waals surface area contributed by atoms with Crippen molar-refractivity contribution in [2.24, 2.45) is 5.92 Å². The quantitative estimate of drug-likeness (QED) is 0.834. The highest BCUT2D eigenvalue weighted by Gasteiger charge is 2.34. The predicted molar refractivity (Wildman–Crippen MR) is 90.6 cm³/mol. The molecule has 1 aromatic rings. The molecule has 0 spiro atoms. The summed E-state index contributed by atoms with van der Waals surface area (Å²) in [5.74, 6) is 1.01. The van der Waals surface area contributed by atoms with E-state index in [1.54, 1.807) is 12.0 Å². The summed E-state index contributed by atoms with van der Waals surface area (Å²) in [4.78, 5) is 26.2. The maximum atomic E-state index is 12.5. The summed E-state index contributed by atoms with van der Waals surface area (Å²) in [7, 11) is 1.60. The Hall–Kier alpha value is -2.28. The number of amides is 2. The van der Waals surface area contributed by atoms with Gasteiger partial charge in [-0.25, -0.2) is 0 Å². The van der Waals surface area contributed by atoms with Crippen molar-refractivity contribution < 1.29 is 23.8 Å². The van der Waals surface area contributed by atoms with Crippen molar-refractivity contribution in [3.63, 3.8) is 0 Å². The van der Waals surface area contributed by atoms with Gasteiger partial charge in [-0.2, -0.15) is 0 Å². The van der Waals surface area contributed by atoms with Gasteiger partial charge in [0.25, 0.3) is 0 Å². The molecule has 2 amide bonds. The lowest BCUT2D eigenvalue weighted by Crippen LogP contribution is -2.35. The molecule has 2 aliphatic heterocycles. The largest absolute Gasteiger partial charge is 0.486 e. The molecule has 7 nitrogen and oxygen atoms in total. The van der Waals surface area contributed by atoms with E-state index in [9.17, 15) is 9.59 Å². The molecular weight excluding hydrogens is 324 g/mol. The molecule has 7 heteroatoms. The van der Waals surface area contributed by atoms with E-state index in [2.05, 4.69) is 5.32 Å². The Morgan fingerprint density at radius 2 is 2.12 bits per heavy atom. The average Bonchev–Trinajstić information content (AvgIpc) is 3.00. The van der Waals surface area contributed by atoms with E-state index in [-0.39, 0.29) is 30.2 Å². The Bertz CT molecular complexity index is 648. The molecule has 1 fully saturated rings. The number of nitrogens with one attached hydrogen (secondary N) is 1. The number of methoxy groups -OCH3 is 1. The van der Waals surface area contributed by atoms with E-state index in [0.29, 0.717) is 38.7 Å². The highest BCUT2D eigenvalue weighted by Crippen LogP contribution is 2.32. The fourth-order valence-corrected chi connectivity index (χ4v) is 3.11. The van der Waals surface area contributed by atoms with Gasteiger partial charge < -0.3 is 24.4 Å². The van der Waals surface area contributed by atoms with Crippen LogP contribution in [0, 0.1) is 5.92 Å². The third-order valence-corrected chi connectivity index (χ3v) is 4.58. The number of carbonyl (C=O) groups is 2. The molecule has 0 radical (unpaired) electrons. The fraction of sp³-hybridized carbons (Fsp3) is 0.556. The number of hydrogen-bond acceptors (Lipinski definition) is 5. The minimum Gasteiger partial charge on any atom is -0.486 e. The van der Waals surface area contributed by atoms with Crippen LogP contribution in [-0.4, -0.2) is 56.7 Å². The Morgan fingerprint density at radius 1 is 1.36 bits per heavy atom. The molecule has 2 aliphatic rings. The molecule has 2 heterocycles. The van der Waals surface area contributed by atoms with Crippen LogP contribution in [0.3, 0.4) is 0 Å². The van der Waals surface area contributed by atoms with E-state index in [1.807, 2.05) is 25.1 Å². The normalized spacial score (nSPS) is 20.5. The molecule has 0 unspecified atom stereocenters. The first-order chi connectivity index (χ1) is 12.1. The Balaban J connectivity index is 1.58. The first kappa shape index (κ1) is 17.5. The van der Waals surface area contributed by atoms with Crippen molar-refractivity contribution in [2.45, 2.75) is 19.4 Å². The summed E-state index contributed by atoms with van der Waals surface area (Å²) in [6.45, 7) is 4.45. The van der Waals surface area contributed by atoms with Gasteiger partial charge in [0.1, 0.15) is 13.2 Å². The van der Waals surface area contributed by atoms with Crippen LogP contribution in [0.1, 0.15) is 24.9 Å². The van der Waals surface area contributed by atoms with Gasteiger partial charge in [0.05, 0.1) is 18.6 Å². The smallest absolute Gasteiger partial charge is 0.225 e. The molecule has 0 aromatic heterocycles. The van der Waals surface area contributed by atoms with Crippen molar-refractivity contribution in [1.29, 1.82) is 0 Å². The Labute approximate surface area is 147 Å². The number of carbonyl (C=O) groups excluding carboxylic acids is 2. The number of benzene rings is 1. The second-order valence-electron chi connectivity index (χ2n) is 6.37. The van der Waals surface area contributed by atoms with Gasteiger partial charge in [0.15, 0.2) is 11.5 Å². The van der Waals surface area contributed by atoms with Gasteiger partial charge in [-0.05, 0) is 24.6 Å². The number of ether oxygens (including phenoxy) is 3. The minimum atomic E-state index is -0.316. The van der Waals surface area contributed by atoms with Crippen LogP contribution in [0.5, 0.6) is 11.5 Å². The molecule has 2 atom stereocenters. The van der Waals surface area contributed by atoms with E-state index >= 15 is 0 Å². The molecule has 0 aliphatic carbocycles. The highest BCUT2D eigenvalue weighted by molar-refractivity contribution is 5.89. The van der Waals surface area contributed by atoms with Crippen LogP contribution in [-0.2, 0) is 14.3 Å². The highest BCUT2D eigenvalue weighted by atomic mass is 16.6. The molecule has 1 aromatic carbocycles. The van der Waals surface area contributed by atoms with Crippen LogP contribution < -0.4 is 14.8 Å². The van der Waals surface area contributed by atoms with Gasteiger partial charge >= 0.3 is 0 Å². The molecular formula is C18H24N2O5. The maximum absolute atomic E-state index is 12.5. The summed E-state index contributed by atoms with van der Waals surface area (Å²) < 4.78 is 16.1. The molecule has 3 rings (SSSR count). The van der Waals surface area contributed by atoms with Gasteiger partial charge in [0.2, 0.25) is 11.8 Å². The lowest BCUT2D eigenvalue weighted by atomic mass is 10.0. The monoisotopic (exact) mass is 348 g/mol. The van der Waals surface area contributed by atoms with E-state index in [4.69, 9.17) is 14.2 Å². The first-order valence-electron chi connectivity index (χ1n) is 8.55. The molecule has 136 valence electrons. The second-order valence-corrected chi connectivity index (χ2v) is 6.37. The van der Waals surface area contributed by atoms with Crippen LogP contribution in [0.2, 0.25) is 0 Å². The second kappa shape index (κ2) is 7.74. The van der Waals surface area contributed by atoms with Gasteiger partial charge in [0, 0.05) is 26.6 Å². The Kier molecular flexibility index (Phi) is 5.43. The first-order valence-corrected chi connectivity index (χ1v) is 8.55. The lowest BCUT2D eigenvalue weighted by Gasteiger charge is -2.22. The molecule has 0 saturated carbocycles. The Morgan fingerprint density at radius 3 is 2.88 bits per heavy atom. The van der Waals surface area contributed by atoms with Crippen molar-refractivity contribution in [2.75, 3.05) is 40.0 Å². The van der Waals surface area contributed by atoms with Crippen LogP contribution in [0.4, 0.5) is 0 Å². The van der Waals surface area contributed by atoms with E-state index < -0.39 is 0 Å². The number of rotatable bonds is 6. The number of nitrogens with zero attached hydrogens (tertiary/aromatic N) is 1. The van der Waals surface area contributed by atoms with Crippen LogP contribution >= 0.6 is 0 Å². The van der Waals surface area contributed by atoms with Gasteiger partial charge in [-0.1, -0.05) is 6.07 Å². The zero-order valence-electron chi connectivity index (χ0n) is 14.6. The molecule has 1 saturated heterocycles. The van der Waals surface area contributed by atoms with Crippen molar-refractivity contribution in [3.8, 4) is 11.5 Å². The molecule has 25 heavy (non-hydrogen) atoms. The summed E-state index contributed by atoms with van der Waals surface area (Å²) in [6.07, 6.45) is 0.253. The van der Waals surface area contributed by atoms with Crippen molar-refractivity contribution >= 4 is 11.8 Å². The number of hydrogen-bond donors (Lipinski definition) is 1. The average molecular weight is 348 g/mol. The molecule has 1 N–H and O–H groups in total. The third-order valence-electron chi connectivity index (χ3n) is 4.58. The summed E-state index contributed by atoms with van der Waals surface area (Å²) >= 11 is 0. The van der Waals surface area contributed by atoms with Crippen molar-refractivity contribution in [3.05, 3.63) is 23.8 Å². The number of likely N-dealkylation sites (tertiary alicyclic amines) is 1. The lowest BCUT2D eigenvalue weighted by molar-refractivity contribution is -0.129. The van der Waals surface area contributed by atoms with E-state index in [0.717, 1.165) is 11.3 Å².